The highest BCUT2D eigenvalue weighted by Gasteiger charge is 2.20. The third kappa shape index (κ3) is 4.62. The number of aliphatic carboxylic acids is 1. The largest absolute Gasteiger partial charge is 0.548 e. The van der Waals surface area contributed by atoms with Crippen LogP contribution in [0.5, 0.6) is 0 Å². The standard InChI is InChI=1S/C24H20ClNO6S/c1-12-15-7-17-18(13-3-5-14(25)6-4-13)10-31-20(17)9-21(15)32-24(30)16(12)8-22(27)26-19(11-33-2)23(28)29/h3-7,9-10,19H,8,11H2,1-2H3,(H,26,27)(H,28,29)/p-1/t19-/m0/s1. The third-order valence-corrected chi connectivity index (χ3v) is 6.35. The van der Waals surface area contributed by atoms with Crippen LogP contribution in [0, 0.1) is 6.92 Å². The van der Waals surface area contributed by atoms with E-state index < -0.39 is 23.5 Å². The predicted molar refractivity (Wildman–Crippen MR) is 126 cm³/mol. The molecule has 0 saturated carbocycles. The van der Waals surface area contributed by atoms with Crippen molar-refractivity contribution in [2.24, 2.45) is 0 Å². The number of aryl methyl sites for hydroxylation is 1. The molecule has 4 rings (SSSR count). The second kappa shape index (κ2) is 9.33. The minimum absolute atomic E-state index is 0.158. The number of carboxylic acids is 1. The number of halogens is 1. The van der Waals surface area contributed by atoms with Crippen LogP contribution in [-0.2, 0) is 16.0 Å². The first-order valence-corrected chi connectivity index (χ1v) is 11.8. The lowest BCUT2D eigenvalue weighted by atomic mass is 9.99. The van der Waals surface area contributed by atoms with Gasteiger partial charge in [-0.25, -0.2) is 4.79 Å². The maximum absolute atomic E-state index is 12.6. The number of amides is 1. The summed E-state index contributed by atoms with van der Waals surface area (Å²) in [5.41, 5.74) is 2.73. The molecule has 0 fully saturated rings. The second-order valence-electron chi connectivity index (χ2n) is 7.57. The van der Waals surface area contributed by atoms with Crippen LogP contribution in [-0.4, -0.2) is 29.9 Å². The molecule has 0 aliphatic heterocycles. The minimum Gasteiger partial charge on any atom is -0.548 e. The lowest BCUT2D eigenvalue weighted by molar-refractivity contribution is -0.307. The zero-order chi connectivity index (χ0) is 23.7. The molecule has 0 unspecified atom stereocenters. The molecule has 0 aliphatic carbocycles. The second-order valence-corrected chi connectivity index (χ2v) is 8.91. The number of hydrogen-bond donors (Lipinski definition) is 1. The summed E-state index contributed by atoms with van der Waals surface area (Å²) in [4.78, 5) is 36.3. The van der Waals surface area contributed by atoms with Crippen LogP contribution in [0.15, 0.2) is 56.3 Å². The lowest BCUT2D eigenvalue weighted by Crippen LogP contribution is -2.50. The fourth-order valence-electron chi connectivity index (χ4n) is 3.71. The first-order valence-electron chi connectivity index (χ1n) is 10.0. The van der Waals surface area contributed by atoms with Gasteiger partial charge in [0, 0.05) is 33.2 Å². The van der Waals surface area contributed by atoms with Crippen molar-refractivity contribution in [3.8, 4) is 11.1 Å². The van der Waals surface area contributed by atoms with Gasteiger partial charge in [0.15, 0.2) is 0 Å². The molecule has 0 radical (unpaired) electrons. The monoisotopic (exact) mass is 484 g/mol. The van der Waals surface area contributed by atoms with Gasteiger partial charge in [-0.2, -0.15) is 11.8 Å². The van der Waals surface area contributed by atoms with E-state index in [0.717, 1.165) is 16.5 Å². The van der Waals surface area contributed by atoms with Crippen molar-refractivity contribution < 1.29 is 23.5 Å². The van der Waals surface area contributed by atoms with E-state index in [9.17, 15) is 19.5 Å². The van der Waals surface area contributed by atoms with Crippen LogP contribution in [0.4, 0.5) is 0 Å². The van der Waals surface area contributed by atoms with Gasteiger partial charge in [0.2, 0.25) is 5.91 Å². The fraction of sp³-hybridized carbons (Fsp3) is 0.208. The Bertz CT molecular complexity index is 1420. The Morgan fingerprint density at radius 2 is 1.88 bits per heavy atom. The van der Waals surface area contributed by atoms with Crippen LogP contribution < -0.4 is 16.0 Å². The summed E-state index contributed by atoms with van der Waals surface area (Å²) in [6.45, 7) is 1.73. The van der Waals surface area contributed by atoms with Gasteiger partial charge >= 0.3 is 5.63 Å². The van der Waals surface area contributed by atoms with Crippen molar-refractivity contribution in [1.29, 1.82) is 0 Å². The molecule has 1 amide bonds. The van der Waals surface area contributed by atoms with Gasteiger partial charge in [-0.1, -0.05) is 23.7 Å². The molecule has 0 bridgehead atoms. The predicted octanol–water partition coefficient (Wildman–Crippen LogP) is 3.31. The maximum atomic E-state index is 12.6. The Morgan fingerprint density at radius 1 is 1.15 bits per heavy atom. The number of thioether (sulfide) groups is 1. The van der Waals surface area contributed by atoms with Gasteiger partial charge < -0.3 is 24.1 Å². The van der Waals surface area contributed by atoms with E-state index in [1.807, 2.05) is 18.2 Å². The molecule has 0 spiro atoms. The SMILES string of the molecule is CSC[C@H](NC(=O)Cc1c(C)c2cc3c(-c4ccc(Cl)cc4)coc3cc2oc1=O)C(=O)[O-]. The Hall–Kier alpha value is -3.23. The molecular weight excluding hydrogens is 466 g/mol. The van der Waals surface area contributed by atoms with Gasteiger partial charge in [-0.05, 0) is 42.5 Å². The summed E-state index contributed by atoms with van der Waals surface area (Å²) in [5.74, 6) is -1.82. The average Bonchev–Trinajstić information content (AvgIpc) is 3.18. The van der Waals surface area contributed by atoms with Crippen LogP contribution >= 0.6 is 23.4 Å². The van der Waals surface area contributed by atoms with Crippen molar-refractivity contribution in [3.63, 3.8) is 0 Å². The molecule has 7 nitrogen and oxygen atoms in total. The van der Waals surface area contributed by atoms with Crippen LogP contribution in [0.2, 0.25) is 5.02 Å². The molecule has 0 aliphatic rings. The smallest absolute Gasteiger partial charge is 0.340 e. The topological polar surface area (TPSA) is 113 Å². The normalized spacial score (nSPS) is 12.2. The van der Waals surface area contributed by atoms with Crippen molar-refractivity contribution in [1.82, 2.24) is 5.32 Å². The number of hydrogen-bond acceptors (Lipinski definition) is 7. The summed E-state index contributed by atoms with van der Waals surface area (Å²) in [5, 5.41) is 15.7. The highest BCUT2D eigenvalue weighted by molar-refractivity contribution is 7.98. The molecule has 0 saturated heterocycles. The molecular formula is C24H19ClNO6S-. The number of furan rings is 1. The third-order valence-electron chi connectivity index (χ3n) is 5.43. The van der Waals surface area contributed by atoms with E-state index in [0.29, 0.717) is 27.1 Å². The molecule has 9 heteroatoms. The lowest BCUT2D eigenvalue weighted by Gasteiger charge is -2.18. The molecule has 1 N–H and O–H groups in total. The number of fused-ring (bicyclic) bond motifs is 2. The molecule has 2 heterocycles. The van der Waals surface area contributed by atoms with Crippen molar-refractivity contribution in [2.75, 3.05) is 12.0 Å². The van der Waals surface area contributed by atoms with Crippen LogP contribution in [0.25, 0.3) is 33.1 Å². The summed E-state index contributed by atoms with van der Waals surface area (Å²) in [7, 11) is 0. The van der Waals surface area contributed by atoms with E-state index in [4.69, 9.17) is 20.4 Å². The van der Waals surface area contributed by atoms with Gasteiger partial charge in [-0.3, -0.25) is 4.79 Å². The fourth-order valence-corrected chi connectivity index (χ4v) is 4.39. The van der Waals surface area contributed by atoms with Gasteiger partial charge in [0.1, 0.15) is 11.2 Å². The number of rotatable bonds is 7. The Balaban J connectivity index is 1.74. The minimum atomic E-state index is -1.38. The van der Waals surface area contributed by atoms with Gasteiger partial charge in [0.05, 0.1) is 30.3 Å². The molecule has 33 heavy (non-hydrogen) atoms. The van der Waals surface area contributed by atoms with E-state index in [1.54, 1.807) is 37.6 Å². The average molecular weight is 485 g/mol. The molecule has 2 aromatic carbocycles. The van der Waals surface area contributed by atoms with E-state index in [1.165, 1.54) is 11.8 Å². The van der Waals surface area contributed by atoms with Gasteiger partial charge in [-0.15, -0.1) is 0 Å². The number of benzene rings is 2. The van der Waals surface area contributed by atoms with Crippen molar-refractivity contribution >= 4 is 57.2 Å². The number of carbonyl (C=O) groups excluding carboxylic acids is 2. The Morgan fingerprint density at radius 3 is 2.55 bits per heavy atom. The van der Waals surface area contributed by atoms with Crippen molar-refractivity contribution in [3.05, 3.63) is 69.2 Å². The summed E-state index contributed by atoms with van der Waals surface area (Å²) < 4.78 is 11.2. The van der Waals surface area contributed by atoms with E-state index in [-0.39, 0.29) is 17.7 Å². The summed E-state index contributed by atoms with van der Waals surface area (Å²) in [6, 6.07) is 9.69. The highest BCUT2D eigenvalue weighted by atomic mass is 35.5. The molecule has 1 atom stereocenters. The Kier molecular flexibility index (Phi) is 6.49. The number of carbonyl (C=O) groups is 2. The van der Waals surface area contributed by atoms with Crippen LogP contribution in [0.1, 0.15) is 11.1 Å². The van der Waals surface area contributed by atoms with E-state index >= 15 is 0 Å². The number of carboxylic acid groups (broad SMARTS) is 1. The van der Waals surface area contributed by atoms with Crippen molar-refractivity contribution in [2.45, 2.75) is 19.4 Å². The first-order chi connectivity index (χ1) is 15.8. The number of nitrogens with one attached hydrogen (secondary N) is 1. The zero-order valence-corrected chi connectivity index (χ0v) is 19.3. The van der Waals surface area contributed by atoms with E-state index in [2.05, 4.69) is 5.32 Å². The van der Waals surface area contributed by atoms with Crippen LogP contribution in [0.3, 0.4) is 0 Å². The first kappa shape index (κ1) is 22.9. The summed E-state index contributed by atoms with van der Waals surface area (Å²) >= 11 is 7.26. The quantitative estimate of drug-likeness (QED) is 0.400. The molecule has 2 aromatic heterocycles. The Labute approximate surface area is 197 Å². The highest BCUT2D eigenvalue weighted by Crippen LogP contribution is 2.35. The molecule has 170 valence electrons. The zero-order valence-electron chi connectivity index (χ0n) is 17.8. The summed E-state index contributed by atoms with van der Waals surface area (Å²) in [6.07, 6.45) is 3.04. The molecule has 4 aromatic rings. The maximum Gasteiger partial charge on any atom is 0.340 e. The van der Waals surface area contributed by atoms with Gasteiger partial charge in [0.25, 0.3) is 0 Å².